The zero-order valence-electron chi connectivity index (χ0n) is 6.40. The lowest BCUT2D eigenvalue weighted by molar-refractivity contribution is 0.351. The van der Waals surface area contributed by atoms with Gasteiger partial charge in [0.05, 0.1) is 0 Å². The van der Waals surface area contributed by atoms with Gasteiger partial charge in [-0.1, -0.05) is 13.8 Å². The molecule has 1 atom stereocenters. The Kier molecular flexibility index (Phi) is 4.69. The van der Waals surface area contributed by atoms with E-state index in [1.165, 1.54) is 24.1 Å². The van der Waals surface area contributed by atoms with E-state index in [0.29, 0.717) is 5.25 Å². The number of hydrogen-bond acceptors (Lipinski definition) is 1. The molecular weight excluding hydrogens is 154 g/mol. The third-order valence-corrected chi connectivity index (χ3v) is 1.74. The minimum atomic E-state index is -1.47. The van der Waals surface area contributed by atoms with Crippen LogP contribution in [0.15, 0.2) is 11.2 Å². The van der Waals surface area contributed by atoms with E-state index in [2.05, 4.69) is 0 Å². The molecule has 0 heterocycles. The lowest BCUT2D eigenvalue weighted by Crippen LogP contribution is -1.92. The molecule has 0 fully saturated rings. The van der Waals surface area contributed by atoms with Crippen LogP contribution in [0.4, 0.5) is 8.78 Å². The predicted octanol–water partition coefficient (Wildman–Crippen LogP) is 3.30. The Morgan fingerprint density at radius 3 is 2.20 bits per heavy atom. The molecule has 0 saturated heterocycles. The summed E-state index contributed by atoms with van der Waals surface area (Å²) in [4.78, 5) is 0. The van der Waals surface area contributed by atoms with Crippen molar-refractivity contribution in [1.82, 2.24) is 0 Å². The molecule has 0 spiro atoms. The number of alkyl halides is 1. The fourth-order valence-corrected chi connectivity index (χ4v) is 0.885. The summed E-state index contributed by atoms with van der Waals surface area (Å²) in [5.74, 6) is -0.682. The van der Waals surface area contributed by atoms with Gasteiger partial charge in [-0.25, -0.2) is 8.78 Å². The van der Waals surface area contributed by atoms with Crippen LogP contribution in [0, 0.1) is 0 Å². The minimum absolute atomic E-state index is 0.310. The molecule has 0 radical (unpaired) electrons. The molecule has 0 aromatic rings. The Bertz CT molecular complexity index is 119. The van der Waals surface area contributed by atoms with Gasteiger partial charge in [0.1, 0.15) is 12.0 Å². The summed E-state index contributed by atoms with van der Waals surface area (Å²) in [5.41, 5.74) is 0. The first-order valence-electron chi connectivity index (χ1n) is 3.19. The van der Waals surface area contributed by atoms with Gasteiger partial charge in [0.25, 0.3) is 0 Å². The summed E-state index contributed by atoms with van der Waals surface area (Å²) < 4.78 is 24.4. The molecule has 0 aromatic heterocycles. The van der Waals surface area contributed by atoms with Gasteiger partial charge >= 0.3 is 0 Å². The van der Waals surface area contributed by atoms with Crippen LogP contribution in [0.3, 0.4) is 0 Å². The molecule has 0 aromatic carbocycles. The summed E-state index contributed by atoms with van der Waals surface area (Å²) in [5, 5.41) is 1.54. The Balaban J connectivity index is 3.69. The van der Waals surface area contributed by atoms with Crippen LogP contribution in [-0.4, -0.2) is 11.4 Å². The highest BCUT2D eigenvalue weighted by atomic mass is 32.2. The average molecular weight is 166 g/mol. The maximum absolute atomic E-state index is 12.4. The van der Waals surface area contributed by atoms with Crippen LogP contribution in [0.5, 0.6) is 0 Å². The number of rotatable bonds is 3. The van der Waals surface area contributed by atoms with Crippen molar-refractivity contribution >= 4 is 11.8 Å². The monoisotopic (exact) mass is 166 g/mol. The normalized spacial score (nSPS) is 16.0. The largest absolute Gasteiger partial charge is 0.240 e. The molecule has 10 heavy (non-hydrogen) atoms. The van der Waals surface area contributed by atoms with E-state index in [-0.39, 0.29) is 0 Å². The van der Waals surface area contributed by atoms with Crippen molar-refractivity contribution in [2.45, 2.75) is 32.2 Å². The zero-order chi connectivity index (χ0) is 8.15. The van der Waals surface area contributed by atoms with Gasteiger partial charge in [-0.15, -0.1) is 11.8 Å². The first kappa shape index (κ1) is 9.95. The highest BCUT2D eigenvalue weighted by molar-refractivity contribution is 8.02. The van der Waals surface area contributed by atoms with Crippen molar-refractivity contribution in [2.24, 2.45) is 0 Å². The first-order valence-corrected chi connectivity index (χ1v) is 4.13. The molecule has 0 rings (SSSR count). The molecule has 0 N–H and O–H groups in total. The zero-order valence-corrected chi connectivity index (χ0v) is 7.21. The molecule has 0 aliphatic carbocycles. The van der Waals surface area contributed by atoms with Gasteiger partial charge < -0.3 is 0 Å². The standard InChI is InChI=1S/C7H12F2S/c1-5(2)10-4-7(9)6(3)8/h4-6H,1-3H3/b7-4+. The van der Waals surface area contributed by atoms with Gasteiger partial charge in [-0.05, 0) is 6.92 Å². The van der Waals surface area contributed by atoms with Crippen LogP contribution < -0.4 is 0 Å². The van der Waals surface area contributed by atoms with Crippen molar-refractivity contribution < 1.29 is 8.78 Å². The summed E-state index contributed by atoms with van der Waals surface area (Å²) in [6, 6.07) is 0. The van der Waals surface area contributed by atoms with E-state index in [4.69, 9.17) is 0 Å². The third kappa shape index (κ3) is 4.79. The fraction of sp³-hybridized carbons (Fsp3) is 0.714. The van der Waals surface area contributed by atoms with E-state index in [9.17, 15) is 8.78 Å². The SMILES string of the molecule is CC(C)S/C=C(/F)C(C)F. The van der Waals surface area contributed by atoms with Gasteiger partial charge in [0.15, 0.2) is 0 Å². The fourth-order valence-electron chi connectivity index (χ4n) is 0.295. The van der Waals surface area contributed by atoms with E-state index >= 15 is 0 Å². The Labute approximate surface area is 64.7 Å². The summed E-state index contributed by atoms with van der Waals surface area (Å²) >= 11 is 1.29. The molecule has 0 aliphatic heterocycles. The Morgan fingerprint density at radius 1 is 1.40 bits per heavy atom. The topological polar surface area (TPSA) is 0 Å². The van der Waals surface area contributed by atoms with E-state index in [1.807, 2.05) is 13.8 Å². The number of thioether (sulfide) groups is 1. The lowest BCUT2D eigenvalue weighted by Gasteiger charge is -1.99. The molecule has 0 amide bonds. The highest BCUT2D eigenvalue weighted by Crippen LogP contribution is 2.17. The molecular formula is C7H12F2S. The summed E-state index contributed by atoms with van der Waals surface area (Å²) in [6.07, 6.45) is -1.47. The van der Waals surface area contributed by atoms with Gasteiger partial charge in [0, 0.05) is 10.7 Å². The second kappa shape index (κ2) is 4.72. The van der Waals surface area contributed by atoms with Crippen LogP contribution >= 0.6 is 11.8 Å². The van der Waals surface area contributed by atoms with E-state index in [1.54, 1.807) is 0 Å². The maximum Gasteiger partial charge on any atom is 0.149 e. The predicted molar refractivity (Wildman–Crippen MR) is 42.5 cm³/mol. The molecule has 0 aliphatic rings. The van der Waals surface area contributed by atoms with Crippen molar-refractivity contribution in [3.8, 4) is 0 Å². The molecule has 1 unspecified atom stereocenters. The molecule has 3 heteroatoms. The average Bonchev–Trinajstić information content (AvgIpc) is 1.82. The third-order valence-electron chi connectivity index (χ3n) is 0.833. The minimum Gasteiger partial charge on any atom is -0.240 e. The van der Waals surface area contributed by atoms with Gasteiger partial charge in [0.2, 0.25) is 0 Å². The van der Waals surface area contributed by atoms with Crippen molar-refractivity contribution in [2.75, 3.05) is 0 Å². The molecule has 0 bridgehead atoms. The van der Waals surface area contributed by atoms with E-state index in [0.717, 1.165) is 0 Å². The quantitative estimate of drug-likeness (QED) is 0.620. The molecule has 0 nitrogen and oxygen atoms in total. The second-order valence-corrected chi connectivity index (χ2v) is 3.75. The smallest absolute Gasteiger partial charge is 0.149 e. The summed E-state index contributed by atoms with van der Waals surface area (Å²) in [6.45, 7) is 5.04. The highest BCUT2D eigenvalue weighted by Gasteiger charge is 2.04. The molecule has 60 valence electrons. The van der Waals surface area contributed by atoms with Gasteiger partial charge in [-0.2, -0.15) is 0 Å². The van der Waals surface area contributed by atoms with Crippen molar-refractivity contribution in [3.05, 3.63) is 11.2 Å². The Morgan fingerprint density at radius 2 is 1.90 bits per heavy atom. The van der Waals surface area contributed by atoms with Crippen LogP contribution in [-0.2, 0) is 0 Å². The number of hydrogen-bond donors (Lipinski definition) is 0. The van der Waals surface area contributed by atoms with Crippen molar-refractivity contribution in [3.63, 3.8) is 0 Å². The molecule has 0 saturated carbocycles. The van der Waals surface area contributed by atoms with Gasteiger partial charge in [-0.3, -0.25) is 0 Å². The van der Waals surface area contributed by atoms with Crippen LogP contribution in [0.25, 0.3) is 0 Å². The first-order chi connectivity index (χ1) is 4.54. The Hall–Kier alpha value is -0.0500. The van der Waals surface area contributed by atoms with E-state index < -0.39 is 12.0 Å². The second-order valence-electron chi connectivity index (χ2n) is 2.30. The van der Waals surface area contributed by atoms with Crippen LogP contribution in [0.2, 0.25) is 0 Å². The van der Waals surface area contributed by atoms with Crippen LogP contribution in [0.1, 0.15) is 20.8 Å². The lowest BCUT2D eigenvalue weighted by atomic mass is 10.4. The maximum atomic E-state index is 12.4. The number of halogens is 2. The summed E-state index contributed by atoms with van der Waals surface area (Å²) in [7, 11) is 0. The number of allylic oxidation sites excluding steroid dienone is 1. The van der Waals surface area contributed by atoms with Crippen molar-refractivity contribution in [1.29, 1.82) is 0 Å².